The summed E-state index contributed by atoms with van der Waals surface area (Å²) in [6, 6.07) is 10.8. The summed E-state index contributed by atoms with van der Waals surface area (Å²) in [6.07, 6.45) is 1.68. The maximum absolute atomic E-state index is 12.5. The molecule has 0 N–H and O–H groups in total. The van der Waals surface area contributed by atoms with Crippen molar-refractivity contribution in [2.24, 2.45) is 4.99 Å². The Morgan fingerprint density at radius 1 is 1.29 bits per heavy atom. The standard InChI is InChI=1S/C15H12ClN3OS/c1-2-19-14(20)12-4-3-9-17-13(12)21-15(19)18-11-7-5-10(16)6-8-11/h3-9H,2H2,1H3. The van der Waals surface area contributed by atoms with Gasteiger partial charge in [-0.05, 0) is 43.3 Å². The second kappa shape index (κ2) is 5.79. The van der Waals surface area contributed by atoms with Crippen LogP contribution in [0.1, 0.15) is 6.92 Å². The Bertz CT molecular complexity index is 913. The number of nitrogens with zero attached hydrogens (tertiary/aromatic N) is 3. The number of hydrogen-bond donors (Lipinski definition) is 0. The highest BCUT2D eigenvalue weighted by atomic mass is 35.5. The zero-order valence-corrected chi connectivity index (χ0v) is 12.9. The molecule has 0 saturated heterocycles. The van der Waals surface area contributed by atoms with Gasteiger partial charge in [-0.2, -0.15) is 0 Å². The van der Waals surface area contributed by atoms with Crippen molar-refractivity contribution in [3.63, 3.8) is 0 Å². The van der Waals surface area contributed by atoms with Crippen LogP contribution in [0.5, 0.6) is 0 Å². The molecule has 106 valence electrons. The zero-order valence-electron chi connectivity index (χ0n) is 11.3. The fraction of sp³-hybridized carbons (Fsp3) is 0.133. The van der Waals surface area contributed by atoms with Crippen LogP contribution in [0, 0.1) is 0 Å². The molecular formula is C15H12ClN3OS. The fourth-order valence-electron chi connectivity index (χ4n) is 2.00. The Morgan fingerprint density at radius 3 is 2.76 bits per heavy atom. The molecule has 21 heavy (non-hydrogen) atoms. The maximum Gasteiger partial charge on any atom is 0.263 e. The molecule has 0 fully saturated rings. The topological polar surface area (TPSA) is 47.2 Å². The molecule has 0 unspecified atom stereocenters. The van der Waals surface area contributed by atoms with Crippen LogP contribution >= 0.6 is 22.9 Å². The molecule has 0 spiro atoms. The highest BCUT2D eigenvalue weighted by Gasteiger charge is 2.06. The van der Waals surface area contributed by atoms with Crippen LogP contribution in [-0.2, 0) is 6.54 Å². The van der Waals surface area contributed by atoms with Gasteiger partial charge in [0.1, 0.15) is 4.83 Å². The van der Waals surface area contributed by atoms with E-state index in [9.17, 15) is 4.79 Å². The van der Waals surface area contributed by atoms with Crippen molar-refractivity contribution < 1.29 is 0 Å². The van der Waals surface area contributed by atoms with Gasteiger partial charge in [0.15, 0.2) is 4.80 Å². The molecule has 0 aliphatic carbocycles. The van der Waals surface area contributed by atoms with Gasteiger partial charge in [0.2, 0.25) is 0 Å². The summed E-state index contributed by atoms with van der Waals surface area (Å²) in [6.45, 7) is 2.49. The van der Waals surface area contributed by atoms with Crippen molar-refractivity contribution >= 4 is 38.8 Å². The van der Waals surface area contributed by atoms with Gasteiger partial charge < -0.3 is 0 Å². The molecule has 2 aromatic heterocycles. The average Bonchev–Trinajstić information content (AvgIpc) is 2.50. The zero-order chi connectivity index (χ0) is 14.8. The van der Waals surface area contributed by atoms with Crippen LogP contribution in [0.4, 0.5) is 5.69 Å². The lowest BCUT2D eigenvalue weighted by Gasteiger charge is -2.04. The molecule has 4 nitrogen and oxygen atoms in total. The van der Waals surface area contributed by atoms with Crippen molar-refractivity contribution in [2.75, 3.05) is 0 Å². The number of halogens is 1. The SMILES string of the molecule is CCn1c(=Nc2ccc(Cl)cc2)sc2ncccc2c1=O. The predicted octanol–water partition coefficient (Wildman–Crippen LogP) is 3.36. The van der Waals surface area contributed by atoms with E-state index in [-0.39, 0.29) is 5.56 Å². The normalized spacial score (nSPS) is 12.0. The molecule has 0 aliphatic heterocycles. The van der Waals surface area contributed by atoms with Crippen molar-refractivity contribution in [1.82, 2.24) is 9.55 Å². The maximum atomic E-state index is 12.5. The van der Waals surface area contributed by atoms with Gasteiger partial charge in [-0.15, -0.1) is 0 Å². The third kappa shape index (κ3) is 2.75. The first-order valence-electron chi connectivity index (χ1n) is 6.48. The van der Waals surface area contributed by atoms with E-state index in [4.69, 9.17) is 11.6 Å². The molecule has 0 amide bonds. The number of rotatable bonds is 2. The van der Waals surface area contributed by atoms with Gasteiger partial charge in [0, 0.05) is 17.8 Å². The second-order valence-corrected chi connectivity index (χ2v) is 5.77. The lowest BCUT2D eigenvalue weighted by molar-refractivity contribution is 0.708. The summed E-state index contributed by atoms with van der Waals surface area (Å²) < 4.78 is 1.66. The Morgan fingerprint density at radius 2 is 2.05 bits per heavy atom. The van der Waals surface area contributed by atoms with Crippen LogP contribution in [0.2, 0.25) is 5.02 Å². The first-order chi connectivity index (χ1) is 10.2. The lowest BCUT2D eigenvalue weighted by atomic mass is 10.3. The Labute approximate surface area is 130 Å². The number of benzene rings is 1. The van der Waals surface area contributed by atoms with Crippen molar-refractivity contribution in [3.05, 3.63) is 62.8 Å². The monoisotopic (exact) mass is 317 g/mol. The molecule has 0 saturated carbocycles. The van der Waals surface area contributed by atoms with E-state index >= 15 is 0 Å². The highest BCUT2D eigenvalue weighted by molar-refractivity contribution is 7.15. The van der Waals surface area contributed by atoms with E-state index in [1.165, 1.54) is 11.3 Å². The van der Waals surface area contributed by atoms with Gasteiger partial charge in [-0.1, -0.05) is 22.9 Å². The van der Waals surface area contributed by atoms with Gasteiger partial charge in [0.25, 0.3) is 5.56 Å². The summed E-state index contributed by atoms with van der Waals surface area (Å²) in [5.74, 6) is 0. The summed E-state index contributed by atoms with van der Waals surface area (Å²) in [4.78, 5) is 22.6. The quantitative estimate of drug-likeness (QED) is 0.727. The largest absolute Gasteiger partial charge is 0.284 e. The Balaban J connectivity index is 2.31. The van der Waals surface area contributed by atoms with Gasteiger partial charge in [-0.3, -0.25) is 9.36 Å². The van der Waals surface area contributed by atoms with E-state index in [0.29, 0.717) is 26.6 Å². The number of pyridine rings is 1. The highest BCUT2D eigenvalue weighted by Crippen LogP contribution is 2.16. The molecule has 2 heterocycles. The molecule has 6 heteroatoms. The van der Waals surface area contributed by atoms with Crippen molar-refractivity contribution in [2.45, 2.75) is 13.5 Å². The minimum atomic E-state index is -0.0629. The minimum Gasteiger partial charge on any atom is -0.284 e. The van der Waals surface area contributed by atoms with Crippen molar-refractivity contribution in [3.8, 4) is 0 Å². The molecule has 1 aromatic carbocycles. The molecule has 0 bridgehead atoms. The van der Waals surface area contributed by atoms with Crippen LogP contribution in [0.25, 0.3) is 10.2 Å². The van der Waals surface area contributed by atoms with E-state index < -0.39 is 0 Å². The van der Waals surface area contributed by atoms with Crippen LogP contribution in [0.3, 0.4) is 0 Å². The van der Waals surface area contributed by atoms with E-state index in [1.54, 1.807) is 35.0 Å². The van der Waals surface area contributed by atoms with Crippen LogP contribution in [-0.4, -0.2) is 9.55 Å². The lowest BCUT2D eigenvalue weighted by Crippen LogP contribution is -2.31. The van der Waals surface area contributed by atoms with Gasteiger partial charge >= 0.3 is 0 Å². The predicted molar refractivity (Wildman–Crippen MR) is 86.2 cm³/mol. The Hall–Kier alpha value is -1.98. The molecule has 0 radical (unpaired) electrons. The first-order valence-corrected chi connectivity index (χ1v) is 7.67. The molecule has 0 aliphatic rings. The number of aromatic nitrogens is 2. The third-order valence-corrected chi connectivity index (χ3v) is 4.30. The van der Waals surface area contributed by atoms with Crippen LogP contribution < -0.4 is 10.4 Å². The Kier molecular flexibility index (Phi) is 3.86. The number of fused-ring (bicyclic) bond motifs is 1. The first kappa shape index (κ1) is 14.0. The minimum absolute atomic E-state index is 0.0629. The van der Waals surface area contributed by atoms with Gasteiger partial charge in [-0.25, -0.2) is 9.98 Å². The average molecular weight is 318 g/mol. The molecule has 0 atom stereocenters. The summed E-state index contributed by atoms with van der Waals surface area (Å²) in [5, 5.41) is 1.28. The summed E-state index contributed by atoms with van der Waals surface area (Å²) in [7, 11) is 0. The van der Waals surface area contributed by atoms with E-state index in [0.717, 1.165) is 5.69 Å². The van der Waals surface area contributed by atoms with E-state index in [1.807, 2.05) is 19.1 Å². The summed E-state index contributed by atoms with van der Waals surface area (Å²) in [5.41, 5.74) is 0.694. The fourth-order valence-corrected chi connectivity index (χ4v) is 3.15. The smallest absolute Gasteiger partial charge is 0.263 e. The van der Waals surface area contributed by atoms with E-state index in [2.05, 4.69) is 9.98 Å². The van der Waals surface area contributed by atoms with Gasteiger partial charge in [0.05, 0.1) is 11.1 Å². The second-order valence-electron chi connectivity index (χ2n) is 4.38. The summed E-state index contributed by atoms with van der Waals surface area (Å²) >= 11 is 7.28. The van der Waals surface area contributed by atoms with Crippen molar-refractivity contribution in [1.29, 1.82) is 0 Å². The molecule has 3 aromatic rings. The third-order valence-electron chi connectivity index (χ3n) is 3.03. The molecular weight excluding hydrogens is 306 g/mol. The molecule has 3 rings (SSSR count). The number of hydrogen-bond acceptors (Lipinski definition) is 4. The van der Waals surface area contributed by atoms with Crippen LogP contribution in [0.15, 0.2) is 52.4 Å².